The lowest BCUT2D eigenvalue weighted by atomic mass is 9.95. The summed E-state index contributed by atoms with van der Waals surface area (Å²) in [5.41, 5.74) is 0.615. The summed E-state index contributed by atoms with van der Waals surface area (Å²) in [6.07, 6.45) is 2.70. The van der Waals surface area contributed by atoms with Crippen LogP contribution in [-0.4, -0.2) is 67.5 Å². The minimum absolute atomic E-state index is 0.166. The number of nitrogens with zero attached hydrogens (tertiary/aromatic N) is 1. The lowest BCUT2D eigenvalue weighted by Crippen LogP contribution is -2.60. The van der Waals surface area contributed by atoms with E-state index in [2.05, 4.69) is 14.1 Å². The molecule has 6 heteroatoms. The molecular formula is C21H28NO5+. The van der Waals surface area contributed by atoms with Crippen molar-refractivity contribution in [1.82, 2.24) is 0 Å². The van der Waals surface area contributed by atoms with E-state index in [9.17, 15) is 9.59 Å². The van der Waals surface area contributed by atoms with Crippen molar-refractivity contribution in [3.63, 3.8) is 0 Å². The van der Waals surface area contributed by atoms with E-state index in [0.717, 1.165) is 17.3 Å². The van der Waals surface area contributed by atoms with Gasteiger partial charge in [0.1, 0.15) is 30.4 Å². The molecule has 0 aromatic heterocycles. The van der Waals surface area contributed by atoms with E-state index >= 15 is 0 Å². The van der Waals surface area contributed by atoms with Crippen molar-refractivity contribution in [1.29, 1.82) is 0 Å². The SMILES string of the molecule is CCCOC(=O)[C@H](C(=O)OC1C[C@@H]2[C@H]3O[C@H]3[C@H](C1)[N+]2(C)C)c1ccccc1. The maximum atomic E-state index is 12.9. The number of quaternary nitrogens is 1. The van der Waals surface area contributed by atoms with Gasteiger partial charge in [0.05, 0.1) is 20.7 Å². The molecule has 1 aromatic rings. The summed E-state index contributed by atoms with van der Waals surface area (Å²) in [7, 11) is 4.47. The molecule has 3 heterocycles. The van der Waals surface area contributed by atoms with Gasteiger partial charge < -0.3 is 18.7 Å². The zero-order valence-electron chi connectivity index (χ0n) is 16.2. The number of carbonyl (C=O) groups is 2. The highest BCUT2D eigenvalue weighted by Crippen LogP contribution is 2.51. The van der Waals surface area contributed by atoms with Crippen molar-refractivity contribution in [2.24, 2.45) is 0 Å². The number of piperidine rings is 1. The van der Waals surface area contributed by atoms with Crippen molar-refractivity contribution in [2.45, 2.75) is 62.5 Å². The summed E-state index contributed by atoms with van der Waals surface area (Å²) in [5, 5.41) is 0. The average Bonchev–Trinajstić information content (AvgIpc) is 3.39. The topological polar surface area (TPSA) is 65.1 Å². The molecule has 2 bridgehead atoms. The molecule has 0 saturated carbocycles. The fraction of sp³-hybridized carbons (Fsp3) is 0.619. The van der Waals surface area contributed by atoms with Gasteiger partial charge in [-0.25, -0.2) is 0 Å². The molecule has 3 aliphatic heterocycles. The van der Waals surface area contributed by atoms with Gasteiger partial charge in [-0.3, -0.25) is 9.59 Å². The summed E-state index contributed by atoms with van der Waals surface area (Å²) in [6, 6.07) is 9.74. The molecule has 3 saturated heterocycles. The first-order valence-corrected chi connectivity index (χ1v) is 9.84. The zero-order chi connectivity index (χ0) is 19.2. The zero-order valence-corrected chi connectivity index (χ0v) is 16.2. The number of likely N-dealkylation sites (N-methyl/N-ethyl adjacent to an activating group) is 1. The van der Waals surface area contributed by atoms with E-state index in [-0.39, 0.29) is 6.10 Å². The lowest BCUT2D eigenvalue weighted by Gasteiger charge is -2.45. The highest BCUT2D eigenvalue weighted by Gasteiger charge is 2.70. The Kier molecular flexibility index (Phi) is 4.72. The maximum absolute atomic E-state index is 12.9. The molecule has 6 nitrogen and oxygen atoms in total. The van der Waals surface area contributed by atoms with Crippen LogP contribution < -0.4 is 0 Å². The van der Waals surface area contributed by atoms with Gasteiger partial charge in [-0.1, -0.05) is 37.3 Å². The molecule has 146 valence electrons. The largest absolute Gasteiger partial charge is 0.465 e. The predicted molar refractivity (Wildman–Crippen MR) is 97.9 cm³/mol. The summed E-state index contributed by atoms with van der Waals surface area (Å²) in [4.78, 5) is 25.5. The van der Waals surface area contributed by atoms with Crippen LogP contribution in [0.2, 0.25) is 0 Å². The highest BCUT2D eigenvalue weighted by molar-refractivity contribution is 6.00. The van der Waals surface area contributed by atoms with E-state index in [1.807, 2.05) is 25.1 Å². The molecule has 6 atom stereocenters. The Labute approximate surface area is 160 Å². The van der Waals surface area contributed by atoms with Crippen LogP contribution in [0.3, 0.4) is 0 Å². The van der Waals surface area contributed by atoms with Gasteiger partial charge >= 0.3 is 11.9 Å². The molecule has 4 rings (SSSR count). The van der Waals surface area contributed by atoms with Crippen LogP contribution in [0.5, 0.6) is 0 Å². The summed E-state index contributed by atoms with van der Waals surface area (Å²) in [6.45, 7) is 2.23. The number of esters is 2. The van der Waals surface area contributed by atoms with Gasteiger partial charge in [-0.15, -0.1) is 0 Å². The molecule has 0 N–H and O–H groups in total. The second-order valence-corrected chi connectivity index (χ2v) is 8.37. The minimum atomic E-state index is -1.02. The molecule has 3 aliphatic rings. The van der Waals surface area contributed by atoms with Crippen molar-refractivity contribution in [3.8, 4) is 0 Å². The van der Waals surface area contributed by atoms with Crippen LogP contribution in [0.4, 0.5) is 0 Å². The molecule has 0 radical (unpaired) electrons. The Balaban J connectivity index is 1.47. The maximum Gasteiger partial charge on any atom is 0.325 e. The van der Waals surface area contributed by atoms with Gasteiger partial charge in [0, 0.05) is 12.8 Å². The van der Waals surface area contributed by atoms with Crippen LogP contribution in [0, 0.1) is 0 Å². The monoisotopic (exact) mass is 374 g/mol. The van der Waals surface area contributed by atoms with Crippen molar-refractivity contribution in [3.05, 3.63) is 35.9 Å². The highest BCUT2D eigenvalue weighted by atomic mass is 16.6. The van der Waals surface area contributed by atoms with E-state index in [1.54, 1.807) is 12.1 Å². The third-order valence-electron chi connectivity index (χ3n) is 6.37. The number of hydrogen-bond acceptors (Lipinski definition) is 5. The Bertz CT molecular complexity index is 699. The standard InChI is InChI=1S/C21H28NO5/c1-4-10-25-20(23)17(13-8-6-5-7-9-13)21(24)26-14-11-15-18-19(27-18)16(12-14)22(15,2)3/h5-9,14-19H,4,10-12H2,1-3H3/q+1/t14?,15-,16+,17-,18-,19+/m1/s1. The molecule has 0 spiro atoms. The van der Waals surface area contributed by atoms with Crippen molar-refractivity contribution in [2.75, 3.05) is 20.7 Å². The smallest absolute Gasteiger partial charge is 0.325 e. The van der Waals surface area contributed by atoms with Crippen LogP contribution in [-0.2, 0) is 23.8 Å². The number of benzene rings is 1. The molecule has 1 unspecified atom stereocenters. The summed E-state index contributed by atoms with van der Waals surface area (Å²) < 4.78 is 17.8. The van der Waals surface area contributed by atoms with Crippen LogP contribution in [0.1, 0.15) is 37.7 Å². The fourth-order valence-electron chi connectivity index (χ4n) is 4.83. The first-order valence-electron chi connectivity index (χ1n) is 9.84. The van der Waals surface area contributed by atoms with E-state index in [4.69, 9.17) is 14.2 Å². The Morgan fingerprint density at radius 2 is 1.74 bits per heavy atom. The second kappa shape index (κ2) is 6.91. The molecule has 0 aliphatic carbocycles. The number of rotatable bonds is 6. The van der Waals surface area contributed by atoms with Gasteiger partial charge in [-0.2, -0.15) is 0 Å². The molecule has 3 fully saturated rings. The number of epoxide rings is 1. The number of ether oxygens (including phenoxy) is 3. The second-order valence-electron chi connectivity index (χ2n) is 8.37. The number of hydrogen-bond donors (Lipinski definition) is 0. The lowest BCUT2D eigenvalue weighted by molar-refractivity contribution is -0.938. The van der Waals surface area contributed by atoms with Gasteiger partial charge in [-0.05, 0) is 12.0 Å². The van der Waals surface area contributed by atoms with Crippen LogP contribution in [0.25, 0.3) is 0 Å². The normalized spacial score (nSPS) is 33.7. The Morgan fingerprint density at radius 1 is 1.11 bits per heavy atom. The Hall–Kier alpha value is -1.92. The van der Waals surface area contributed by atoms with Crippen molar-refractivity contribution >= 4 is 11.9 Å². The van der Waals surface area contributed by atoms with Crippen LogP contribution in [0.15, 0.2) is 30.3 Å². The van der Waals surface area contributed by atoms with Gasteiger partial charge in [0.2, 0.25) is 0 Å². The summed E-state index contributed by atoms with van der Waals surface area (Å²) >= 11 is 0. The van der Waals surface area contributed by atoms with Gasteiger partial charge in [0.15, 0.2) is 5.92 Å². The number of morpholine rings is 1. The molecule has 1 aromatic carbocycles. The third kappa shape index (κ3) is 3.25. The third-order valence-corrected chi connectivity index (χ3v) is 6.37. The first kappa shape index (κ1) is 18.4. The van der Waals surface area contributed by atoms with Gasteiger partial charge in [0.25, 0.3) is 0 Å². The fourth-order valence-corrected chi connectivity index (χ4v) is 4.83. The number of fused-ring (bicyclic) bond motifs is 5. The summed E-state index contributed by atoms with van der Waals surface area (Å²) in [5.74, 6) is -2.06. The van der Waals surface area contributed by atoms with Crippen LogP contribution >= 0.6 is 0 Å². The quantitative estimate of drug-likeness (QED) is 0.330. The number of carbonyl (C=O) groups excluding carboxylic acids is 2. The first-order chi connectivity index (χ1) is 12.9. The van der Waals surface area contributed by atoms with E-state index < -0.39 is 17.9 Å². The molecular weight excluding hydrogens is 346 g/mol. The van der Waals surface area contributed by atoms with E-state index in [0.29, 0.717) is 42.9 Å². The van der Waals surface area contributed by atoms with E-state index in [1.165, 1.54) is 0 Å². The Morgan fingerprint density at radius 3 is 2.33 bits per heavy atom. The average molecular weight is 374 g/mol. The minimum Gasteiger partial charge on any atom is -0.465 e. The molecule has 27 heavy (non-hydrogen) atoms. The van der Waals surface area contributed by atoms with Crippen molar-refractivity contribution < 1.29 is 28.3 Å². The molecule has 0 amide bonds. The predicted octanol–water partition coefficient (Wildman–Crippen LogP) is 2.02.